The number of nitrogens with zero attached hydrogens (tertiary/aromatic N) is 3. The van der Waals surface area contributed by atoms with E-state index >= 15 is 0 Å². The van der Waals surface area contributed by atoms with Crippen LogP contribution >= 0.6 is 0 Å². The van der Waals surface area contributed by atoms with E-state index in [2.05, 4.69) is 22.3 Å². The lowest BCUT2D eigenvalue weighted by Gasteiger charge is -2.27. The zero-order chi connectivity index (χ0) is 12.5. The molecule has 1 aliphatic heterocycles. The maximum Gasteiger partial charge on any atom is 0.222 e. The Morgan fingerprint density at radius 3 is 3.22 bits per heavy atom. The predicted octanol–water partition coefficient (Wildman–Crippen LogP) is 1.81. The fourth-order valence-corrected chi connectivity index (χ4v) is 2.31. The highest BCUT2D eigenvalue weighted by molar-refractivity contribution is 5.32. The molecule has 2 atom stereocenters. The van der Waals surface area contributed by atoms with E-state index in [4.69, 9.17) is 9.15 Å². The molecule has 18 heavy (non-hydrogen) atoms. The Labute approximate surface area is 105 Å². The van der Waals surface area contributed by atoms with Crippen LogP contribution < -0.4 is 5.32 Å². The number of anilines is 1. The number of nitrogens with one attached hydrogen (secondary N) is 1. The molecule has 0 unspecified atom stereocenters. The molecule has 6 nitrogen and oxygen atoms in total. The van der Waals surface area contributed by atoms with Crippen molar-refractivity contribution in [2.24, 2.45) is 0 Å². The Hall–Kier alpha value is -1.82. The van der Waals surface area contributed by atoms with Crippen molar-refractivity contribution in [2.75, 3.05) is 12.4 Å². The van der Waals surface area contributed by atoms with Gasteiger partial charge in [-0.15, -0.1) is 0 Å². The first-order chi connectivity index (χ1) is 8.78. The van der Waals surface area contributed by atoms with Gasteiger partial charge in [0.05, 0.1) is 6.26 Å². The van der Waals surface area contributed by atoms with E-state index in [1.54, 1.807) is 13.4 Å². The Kier molecular flexibility index (Phi) is 2.79. The molecule has 0 saturated carbocycles. The lowest BCUT2D eigenvalue weighted by Crippen LogP contribution is -2.30. The number of methoxy groups -OCH3 is 1. The summed E-state index contributed by atoms with van der Waals surface area (Å²) in [6.45, 7) is 2.55. The van der Waals surface area contributed by atoms with Crippen LogP contribution in [-0.4, -0.2) is 27.9 Å². The van der Waals surface area contributed by atoms with Gasteiger partial charge in [0.2, 0.25) is 5.95 Å². The van der Waals surface area contributed by atoms with Crippen molar-refractivity contribution in [3.05, 3.63) is 30.0 Å². The van der Waals surface area contributed by atoms with Gasteiger partial charge in [0.15, 0.2) is 5.82 Å². The van der Waals surface area contributed by atoms with Gasteiger partial charge in [-0.05, 0) is 25.5 Å². The van der Waals surface area contributed by atoms with Gasteiger partial charge in [-0.1, -0.05) is 0 Å². The van der Waals surface area contributed by atoms with Crippen molar-refractivity contribution < 1.29 is 9.15 Å². The van der Waals surface area contributed by atoms with Gasteiger partial charge >= 0.3 is 0 Å². The van der Waals surface area contributed by atoms with Crippen molar-refractivity contribution in [3.8, 4) is 0 Å². The number of fused-ring (bicyclic) bond motifs is 1. The average Bonchev–Trinajstić information content (AvgIpc) is 2.96. The minimum atomic E-state index is 0.101. The van der Waals surface area contributed by atoms with Gasteiger partial charge in [0, 0.05) is 13.2 Å². The third kappa shape index (κ3) is 1.88. The molecule has 3 rings (SSSR count). The van der Waals surface area contributed by atoms with E-state index < -0.39 is 0 Å². The van der Waals surface area contributed by atoms with E-state index in [1.165, 1.54) is 0 Å². The van der Waals surface area contributed by atoms with Gasteiger partial charge in [-0.2, -0.15) is 10.1 Å². The number of furan rings is 1. The van der Waals surface area contributed by atoms with Crippen LogP contribution in [0.2, 0.25) is 0 Å². The number of ether oxygens (including phenoxy) is 1. The van der Waals surface area contributed by atoms with Crippen LogP contribution in [0.15, 0.2) is 22.8 Å². The van der Waals surface area contributed by atoms with E-state index in [1.807, 2.05) is 16.8 Å². The second-order valence-electron chi connectivity index (χ2n) is 4.54. The molecule has 1 N–H and O–H groups in total. The smallest absolute Gasteiger partial charge is 0.222 e. The lowest BCUT2D eigenvalue weighted by molar-refractivity contribution is 0.177. The second-order valence-corrected chi connectivity index (χ2v) is 4.54. The molecule has 96 valence electrons. The standard InChI is InChI=1S/C12H16N4O2/c1-8-6-9(10-4-3-5-18-10)16-12(13-8)14-11(15-16)7-17-2/h3-5,8-9H,6-7H2,1-2H3,(H,13,14,15)/t8-,9+/m1/s1. The van der Waals surface area contributed by atoms with Crippen LogP contribution in [0, 0.1) is 0 Å². The van der Waals surface area contributed by atoms with Crippen LogP contribution in [0.4, 0.5) is 5.95 Å². The molecule has 2 aromatic heterocycles. The summed E-state index contributed by atoms with van der Waals surface area (Å²) in [6, 6.07) is 4.32. The summed E-state index contributed by atoms with van der Waals surface area (Å²) in [7, 11) is 1.64. The monoisotopic (exact) mass is 248 g/mol. The van der Waals surface area contributed by atoms with E-state index in [-0.39, 0.29) is 6.04 Å². The Bertz CT molecular complexity index is 520. The highest BCUT2D eigenvalue weighted by atomic mass is 16.5. The van der Waals surface area contributed by atoms with Crippen LogP contribution in [0.1, 0.15) is 31.0 Å². The van der Waals surface area contributed by atoms with Crippen LogP contribution in [0.3, 0.4) is 0 Å². The first-order valence-electron chi connectivity index (χ1n) is 6.02. The molecule has 2 aromatic rings. The Morgan fingerprint density at radius 1 is 1.61 bits per heavy atom. The SMILES string of the molecule is COCc1nc2n(n1)[C@H](c1ccco1)C[C@@H](C)N2. The third-order valence-electron chi connectivity index (χ3n) is 3.07. The van der Waals surface area contributed by atoms with E-state index in [0.29, 0.717) is 18.5 Å². The number of hydrogen-bond donors (Lipinski definition) is 1. The minimum Gasteiger partial charge on any atom is -0.467 e. The molecule has 0 spiro atoms. The van der Waals surface area contributed by atoms with Crippen molar-refractivity contribution in [2.45, 2.75) is 32.0 Å². The molecule has 0 amide bonds. The molecule has 0 saturated heterocycles. The molecular formula is C12H16N4O2. The predicted molar refractivity (Wildman–Crippen MR) is 65.3 cm³/mol. The van der Waals surface area contributed by atoms with Gasteiger partial charge in [-0.25, -0.2) is 4.68 Å². The third-order valence-corrected chi connectivity index (χ3v) is 3.07. The molecule has 0 radical (unpaired) electrons. The highest BCUT2D eigenvalue weighted by Crippen LogP contribution is 2.31. The molecule has 3 heterocycles. The molecule has 0 bridgehead atoms. The zero-order valence-electron chi connectivity index (χ0n) is 10.5. The summed E-state index contributed by atoms with van der Waals surface area (Å²) < 4.78 is 12.5. The largest absolute Gasteiger partial charge is 0.467 e. The molecule has 0 aliphatic carbocycles. The molecule has 6 heteroatoms. The van der Waals surface area contributed by atoms with Crippen molar-refractivity contribution in [1.29, 1.82) is 0 Å². The molecule has 0 aromatic carbocycles. The Morgan fingerprint density at radius 2 is 2.50 bits per heavy atom. The Balaban J connectivity index is 1.98. The van der Waals surface area contributed by atoms with E-state index in [9.17, 15) is 0 Å². The van der Waals surface area contributed by atoms with Crippen molar-refractivity contribution in [3.63, 3.8) is 0 Å². The summed E-state index contributed by atoms with van der Waals surface area (Å²) >= 11 is 0. The van der Waals surface area contributed by atoms with Gasteiger partial charge in [0.1, 0.15) is 18.4 Å². The fourth-order valence-electron chi connectivity index (χ4n) is 2.31. The summed E-state index contributed by atoms with van der Waals surface area (Å²) in [5.74, 6) is 2.38. The lowest BCUT2D eigenvalue weighted by atomic mass is 10.0. The van der Waals surface area contributed by atoms with Crippen molar-refractivity contribution in [1.82, 2.24) is 14.8 Å². The number of rotatable bonds is 3. The average molecular weight is 248 g/mol. The van der Waals surface area contributed by atoms with E-state index in [0.717, 1.165) is 18.1 Å². The van der Waals surface area contributed by atoms with Crippen LogP contribution in [0.25, 0.3) is 0 Å². The maximum absolute atomic E-state index is 5.50. The number of hydrogen-bond acceptors (Lipinski definition) is 5. The quantitative estimate of drug-likeness (QED) is 0.897. The maximum atomic E-state index is 5.50. The number of aromatic nitrogens is 3. The highest BCUT2D eigenvalue weighted by Gasteiger charge is 2.29. The molecular weight excluding hydrogens is 232 g/mol. The summed E-state index contributed by atoms with van der Waals surface area (Å²) in [4.78, 5) is 4.43. The zero-order valence-corrected chi connectivity index (χ0v) is 10.5. The second kappa shape index (κ2) is 4.45. The molecule has 1 aliphatic rings. The van der Waals surface area contributed by atoms with Gasteiger partial charge in [0.25, 0.3) is 0 Å². The fraction of sp³-hybridized carbons (Fsp3) is 0.500. The van der Waals surface area contributed by atoms with Crippen LogP contribution in [-0.2, 0) is 11.3 Å². The van der Waals surface area contributed by atoms with Crippen LogP contribution in [0.5, 0.6) is 0 Å². The summed E-state index contributed by atoms with van der Waals surface area (Å²) in [6.07, 6.45) is 2.62. The van der Waals surface area contributed by atoms with Gasteiger partial charge in [-0.3, -0.25) is 0 Å². The molecule has 0 fully saturated rings. The summed E-state index contributed by atoms with van der Waals surface area (Å²) in [5.41, 5.74) is 0. The minimum absolute atomic E-state index is 0.101. The van der Waals surface area contributed by atoms with Crippen molar-refractivity contribution >= 4 is 5.95 Å². The first kappa shape index (κ1) is 11.3. The summed E-state index contributed by atoms with van der Waals surface area (Å²) in [5, 5.41) is 7.79. The van der Waals surface area contributed by atoms with Gasteiger partial charge < -0.3 is 14.5 Å². The first-order valence-corrected chi connectivity index (χ1v) is 6.02. The normalized spacial score (nSPS) is 22.6. The topological polar surface area (TPSA) is 65.1 Å².